The zero-order chi connectivity index (χ0) is 12.1. The van der Waals surface area contributed by atoms with E-state index in [4.69, 9.17) is 17.3 Å². The van der Waals surface area contributed by atoms with Crippen LogP contribution in [0.2, 0.25) is 4.34 Å². The van der Waals surface area contributed by atoms with Gasteiger partial charge in [-0.05, 0) is 31.4 Å². The van der Waals surface area contributed by atoms with Gasteiger partial charge in [-0.2, -0.15) is 0 Å². The van der Waals surface area contributed by atoms with Crippen molar-refractivity contribution in [2.24, 2.45) is 5.73 Å². The zero-order valence-electron chi connectivity index (χ0n) is 9.46. The number of ether oxygens (including phenoxy) is 1. The summed E-state index contributed by atoms with van der Waals surface area (Å²) in [7, 11) is 1.39. The van der Waals surface area contributed by atoms with E-state index in [1.807, 2.05) is 13.0 Å². The number of nitrogens with two attached hydrogens (primary N) is 1. The third-order valence-electron chi connectivity index (χ3n) is 2.37. The van der Waals surface area contributed by atoms with Gasteiger partial charge in [0.25, 0.3) is 0 Å². The highest BCUT2D eigenvalue weighted by atomic mass is 35.5. The van der Waals surface area contributed by atoms with Crippen LogP contribution in [0, 0.1) is 6.92 Å². The van der Waals surface area contributed by atoms with E-state index >= 15 is 0 Å². The molecule has 1 heterocycles. The number of hydrogen-bond donors (Lipinski definition) is 1. The molecule has 0 aliphatic rings. The van der Waals surface area contributed by atoms with Gasteiger partial charge in [0, 0.05) is 17.3 Å². The molecule has 0 fully saturated rings. The van der Waals surface area contributed by atoms with Crippen LogP contribution in [0.15, 0.2) is 6.07 Å². The highest BCUT2D eigenvalue weighted by Crippen LogP contribution is 2.31. The van der Waals surface area contributed by atoms with Crippen molar-refractivity contribution < 1.29 is 9.53 Å². The maximum Gasteiger partial charge on any atom is 0.305 e. The first kappa shape index (κ1) is 13.5. The molecule has 0 saturated carbocycles. The topological polar surface area (TPSA) is 52.3 Å². The van der Waals surface area contributed by atoms with E-state index in [2.05, 4.69) is 4.74 Å². The molecule has 16 heavy (non-hydrogen) atoms. The predicted molar refractivity (Wildman–Crippen MR) is 66.9 cm³/mol. The van der Waals surface area contributed by atoms with Crippen LogP contribution in [-0.2, 0) is 9.53 Å². The molecule has 5 heteroatoms. The van der Waals surface area contributed by atoms with Crippen molar-refractivity contribution in [3.63, 3.8) is 0 Å². The Bertz CT molecular complexity index is 345. The van der Waals surface area contributed by atoms with E-state index in [1.165, 1.54) is 18.4 Å². The first-order valence-electron chi connectivity index (χ1n) is 5.12. The van der Waals surface area contributed by atoms with Gasteiger partial charge in [-0.1, -0.05) is 11.6 Å². The summed E-state index contributed by atoms with van der Waals surface area (Å²) in [5, 5.41) is 0. The van der Waals surface area contributed by atoms with Gasteiger partial charge in [-0.15, -0.1) is 11.3 Å². The maximum absolute atomic E-state index is 10.9. The number of carbonyl (C=O) groups is 1. The number of aryl methyl sites for hydroxylation is 1. The summed E-state index contributed by atoms with van der Waals surface area (Å²) in [6.07, 6.45) is 1.93. The number of rotatable bonds is 5. The second-order valence-electron chi connectivity index (χ2n) is 3.68. The van der Waals surface area contributed by atoms with Crippen molar-refractivity contribution in [2.75, 3.05) is 7.11 Å². The second-order valence-corrected chi connectivity index (χ2v) is 5.37. The van der Waals surface area contributed by atoms with Crippen molar-refractivity contribution in [1.82, 2.24) is 0 Å². The quantitative estimate of drug-likeness (QED) is 0.829. The molecule has 0 aromatic carbocycles. The summed E-state index contributed by atoms with van der Waals surface area (Å²) < 4.78 is 5.35. The number of carbonyl (C=O) groups excluding carboxylic acids is 1. The molecule has 2 N–H and O–H groups in total. The molecule has 0 radical (unpaired) electrons. The molecule has 1 aromatic heterocycles. The van der Waals surface area contributed by atoms with Crippen LogP contribution >= 0.6 is 22.9 Å². The van der Waals surface area contributed by atoms with E-state index in [9.17, 15) is 4.79 Å². The van der Waals surface area contributed by atoms with Gasteiger partial charge in [0.05, 0.1) is 11.4 Å². The van der Waals surface area contributed by atoms with Crippen LogP contribution in [-0.4, -0.2) is 13.1 Å². The standard InChI is InChI=1S/C11H16ClNO2S/c1-7-6-9(16-11(7)12)8(13)4-3-5-10(14)15-2/h6,8H,3-5,13H2,1-2H3. The summed E-state index contributed by atoms with van der Waals surface area (Å²) in [6.45, 7) is 1.96. The van der Waals surface area contributed by atoms with Crippen molar-refractivity contribution in [2.45, 2.75) is 32.2 Å². The first-order chi connectivity index (χ1) is 7.54. The minimum absolute atomic E-state index is 0.0409. The summed E-state index contributed by atoms with van der Waals surface area (Å²) in [5.74, 6) is -0.187. The smallest absolute Gasteiger partial charge is 0.305 e. The third-order valence-corrected chi connectivity index (χ3v) is 4.05. The number of thiophene rings is 1. The number of halogens is 1. The van der Waals surface area contributed by atoms with E-state index in [0.717, 1.165) is 27.6 Å². The van der Waals surface area contributed by atoms with Crippen molar-refractivity contribution in [3.8, 4) is 0 Å². The van der Waals surface area contributed by atoms with Crippen LogP contribution in [0.3, 0.4) is 0 Å². The molecular weight excluding hydrogens is 246 g/mol. The van der Waals surface area contributed by atoms with Gasteiger partial charge in [0.1, 0.15) is 0 Å². The van der Waals surface area contributed by atoms with Gasteiger partial charge < -0.3 is 10.5 Å². The molecule has 1 unspecified atom stereocenters. The Labute approximate surface area is 105 Å². The molecule has 0 amide bonds. The lowest BCUT2D eigenvalue weighted by molar-refractivity contribution is -0.140. The van der Waals surface area contributed by atoms with Gasteiger partial charge in [-0.25, -0.2) is 0 Å². The average molecular weight is 262 g/mol. The Morgan fingerprint density at radius 2 is 2.38 bits per heavy atom. The van der Waals surface area contributed by atoms with Crippen molar-refractivity contribution >= 4 is 28.9 Å². The van der Waals surface area contributed by atoms with Gasteiger partial charge in [-0.3, -0.25) is 4.79 Å². The molecule has 1 rings (SSSR count). The van der Waals surface area contributed by atoms with E-state index in [1.54, 1.807) is 0 Å². The summed E-state index contributed by atoms with van der Waals surface area (Å²) in [4.78, 5) is 12.0. The summed E-state index contributed by atoms with van der Waals surface area (Å²) >= 11 is 7.48. The molecule has 0 saturated heterocycles. The Morgan fingerprint density at radius 3 is 2.88 bits per heavy atom. The maximum atomic E-state index is 10.9. The minimum atomic E-state index is -0.187. The SMILES string of the molecule is COC(=O)CCCC(N)c1cc(C)c(Cl)s1. The third kappa shape index (κ3) is 3.77. The Balaban J connectivity index is 2.40. The molecule has 3 nitrogen and oxygen atoms in total. The Kier molecular flexibility index (Phi) is 5.25. The van der Waals surface area contributed by atoms with Crippen LogP contribution in [0.4, 0.5) is 0 Å². The zero-order valence-corrected chi connectivity index (χ0v) is 11.0. The minimum Gasteiger partial charge on any atom is -0.469 e. The lowest BCUT2D eigenvalue weighted by atomic mass is 10.1. The predicted octanol–water partition coefficient (Wildman–Crippen LogP) is 3.05. The van der Waals surface area contributed by atoms with Crippen LogP contribution < -0.4 is 5.73 Å². The van der Waals surface area contributed by atoms with Crippen LogP contribution in [0.1, 0.15) is 35.7 Å². The molecule has 0 bridgehead atoms. The fourth-order valence-electron chi connectivity index (χ4n) is 1.38. The fourth-order valence-corrected chi connectivity index (χ4v) is 2.63. The molecule has 0 spiro atoms. The summed E-state index contributed by atoms with van der Waals surface area (Å²) in [6, 6.07) is 1.97. The van der Waals surface area contributed by atoms with Gasteiger partial charge in [0.2, 0.25) is 0 Å². The lowest BCUT2D eigenvalue weighted by Crippen LogP contribution is -2.09. The molecule has 1 aromatic rings. The molecule has 0 aliphatic heterocycles. The number of esters is 1. The van der Waals surface area contributed by atoms with Crippen molar-refractivity contribution in [3.05, 3.63) is 20.8 Å². The highest BCUT2D eigenvalue weighted by molar-refractivity contribution is 7.16. The monoisotopic (exact) mass is 261 g/mol. The van der Waals surface area contributed by atoms with Crippen LogP contribution in [0.5, 0.6) is 0 Å². The van der Waals surface area contributed by atoms with Gasteiger partial charge in [0.15, 0.2) is 0 Å². The molecule has 0 aliphatic carbocycles. The Morgan fingerprint density at radius 1 is 1.69 bits per heavy atom. The van der Waals surface area contributed by atoms with E-state index in [0.29, 0.717) is 6.42 Å². The molecule has 90 valence electrons. The van der Waals surface area contributed by atoms with E-state index in [-0.39, 0.29) is 12.0 Å². The normalized spacial score (nSPS) is 12.5. The van der Waals surface area contributed by atoms with Crippen LogP contribution in [0.25, 0.3) is 0 Å². The lowest BCUT2D eigenvalue weighted by Gasteiger charge is -2.08. The van der Waals surface area contributed by atoms with Crippen molar-refractivity contribution in [1.29, 1.82) is 0 Å². The largest absolute Gasteiger partial charge is 0.469 e. The molecular formula is C11H16ClNO2S. The fraction of sp³-hybridized carbons (Fsp3) is 0.545. The second kappa shape index (κ2) is 6.23. The highest BCUT2D eigenvalue weighted by Gasteiger charge is 2.11. The number of hydrogen-bond acceptors (Lipinski definition) is 4. The number of methoxy groups -OCH3 is 1. The molecule has 1 atom stereocenters. The summed E-state index contributed by atoms with van der Waals surface area (Å²) in [5.41, 5.74) is 7.06. The van der Waals surface area contributed by atoms with E-state index < -0.39 is 0 Å². The Hall–Kier alpha value is -0.580. The first-order valence-corrected chi connectivity index (χ1v) is 6.32. The van der Waals surface area contributed by atoms with Gasteiger partial charge >= 0.3 is 5.97 Å². The average Bonchev–Trinajstić information content (AvgIpc) is 2.59.